The van der Waals surface area contributed by atoms with Crippen molar-refractivity contribution in [3.63, 3.8) is 0 Å². The summed E-state index contributed by atoms with van der Waals surface area (Å²) in [5.74, 6) is 0.225. The molecule has 2 aromatic carbocycles. The highest BCUT2D eigenvalue weighted by Crippen LogP contribution is 2.29. The van der Waals surface area contributed by atoms with Gasteiger partial charge in [0.1, 0.15) is 11.5 Å². The van der Waals surface area contributed by atoms with Crippen molar-refractivity contribution in [3.8, 4) is 17.3 Å². The number of methoxy groups -OCH3 is 1. The molecule has 0 aliphatic carbocycles. The van der Waals surface area contributed by atoms with E-state index >= 15 is 0 Å². The molecule has 0 aliphatic heterocycles. The zero-order valence-electron chi connectivity index (χ0n) is 13.1. The van der Waals surface area contributed by atoms with Crippen molar-refractivity contribution in [3.05, 3.63) is 46.9 Å². The van der Waals surface area contributed by atoms with E-state index in [0.717, 1.165) is 16.7 Å². The number of imidazole rings is 1. The van der Waals surface area contributed by atoms with Crippen molar-refractivity contribution in [2.45, 2.75) is 6.36 Å². The normalized spacial score (nSPS) is 12.0. The van der Waals surface area contributed by atoms with Crippen LogP contribution in [-0.4, -0.2) is 28.2 Å². The molecule has 0 radical (unpaired) electrons. The molecule has 4 rings (SSSR count). The van der Waals surface area contributed by atoms with Gasteiger partial charge in [0, 0.05) is 12.1 Å². The molecule has 0 bridgehead atoms. The van der Waals surface area contributed by atoms with Crippen molar-refractivity contribution in [1.82, 2.24) is 14.7 Å². The predicted molar refractivity (Wildman–Crippen MR) is 84.7 cm³/mol. The number of fused-ring (bicyclic) bond motifs is 2. The van der Waals surface area contributed by atoms with Gasteiger partial charge in [-0.3, -0.25) is 0 Å². The lowest BCUT2D eigenvalue weighted by molar-refractivity contribution is -0.274. The number of aromatic nitrogens is 3. The van der Waals surface area contributed by atoms with E-state index in [1.807, 2.05) is 0 Å². The lowest BCUT2D eigenvalue weighted by atomic mass is 10.2. The maximum Gasteiger partial charge on any atom is 0.573 e. The van der Waals surface area contributed by atoms with E-state index in [-0.39, 0.29) is 11.3 Å². The number of benzene rings is 2. The van der Waals surface area contributed by atoms with E-state index in [0.29, 0.717) is 22.2 Å². The molecule has 1 N–H and O–H groups in total. The lowest BCUT2D eigenvalue weighted by Gasteiger charge is -2.08. The SMILES string of the molecule is COc1ccc2c(-n3c(=O)[nH]c4ccc(OC(F)(F)F)cc43)noc2c1. The second kappa shape index (κ2) is 5.55. The summed E-state index contributed by atoms with van der Waals surface area (Å²) < 4.78 is 52.7. The molecular formula is C16H10F3N3O4. The number of H-pyrrole nitrogens is 1. The first kappa shape index (κ1) is 16.1. The molecule has 4 aromatic rings. The molecule has 0 aliphatic rings. The van der Waals surface area contributed by atoms with Gasteiger partial charge in [0.15, 0.2) is 11.4 Å². The van der Waals surface area contributed by atoms with E-state index in [1.165, 1.54) is 13.2 Å². The zero-order valence-corrected chi connectivity index (χ0v) is 13.1. The average Bonchev–Trinajstić information content (AvgIpc) is 3.12. The van der Waals surface area contributed by atoms with Gasteiger partial charge < -0.3 is 19.0 Å². The minimum absolute atomic E-state index is 0.142. The number of nitrogens with zero attached hydrogens (tertiary/aromatic N) is 2. The Balaban J connectivity index is 1.92. The summed E-state index contributed by atoms with van der Waals surface area (Å²) in [6, 6.07) is 8.42. The van der Waals surface area contributed by atoms with Crippen LogP contribution in [0, 0.1) is 0 Å². The summed E-state index contributed by atoms with van der Waals surface area (Å²) in [5, 5.41) is 4.37. The molecule has 10 heteroatoms. The first-order valence-electron chi connectivity index (χ1n) is 7.30. The fraction of sp³-hybridized carbons (Fsp3) is 0.125. The molecule has 0 spiro atoms. The van der Waals surface area contributed by atoms with Gasteiger partial charge in [-0.2, -0.15) is 0 Å². The Morgan fingerprint density at radius 1 is 1.15 bits per heavy atom. The largest absolute Gasteiger partial charge is 0.573 e. The van der Waals surface area contributed by atoms with Gasteiger partial charge in [-0.05, 0) is 24.3 Å². The van der Waals surface area contributed by atoms with E-state index in [4.69, 9.17) is 9.26 Å². The number of nitrogens with one attached hydrogen (secondary N) is 1. The van der Waals surface area contributed by atoms with Crippen LogP contribution in [0.3, 0.4) is 0 Å². The maximum atomic E-state index is 12.5. The van der Waals surface area contributed by atoms with Crippen LogP contribution >= 0.6 is 0 Å². The summed E-state index contributed by atoms with van der Waals surface area (Å²) in [5.41, 5.74) is 0.287. The van der Waals surface area contributed by atoms with E-state index in [1.54, 1.807) is 18.2 Å². The van der Waals surface area contributed by atoms with Crippen molar-refractivity contribution >= 4 is 22.0 Å². The second-order valence-corrected chi connectivity index (χ2v) is 5.36. The Bertz CT molecular complexity index is 1170. The summed E-state index contributed by atoms with van der Waals surface area (Å²) in [7, 11) is 1.49. The number of hydrogen-bond acceptors (Lipinski definition) is 5. The Labute approximate surface area is 142 Å². The molecule has 7 nitrogen and oxygen atoms in total. The van der Waals surface area contributed by atoms with Gasteiger partial charge in [0.2, 0.25) is 0 Å². The first-order valence-corrected chi connectivity index (χ1v) is 7.30. The van der Waals surface area contributed by atoms with Crippen LogP contribution in [0.15, 0.2) is 45.7 Å². The third-order valence-corrected chi connectivity index (χ3v) is 3.76. The number of rotatable bonds is 3. The van der Waals surface area contributed by atoms with Crippen LogP contribution in [0.1, 0.15) is 0 Å². The Morgan fingerprint density at radius 3 is 2.65 bits per heavy atom. The molecule has 134 valence electrons. The van der Waals surface area contributed by atoms with Crippen LogP contribution in [0.5, 0.6) is 11.5 Å². The Hall–Kier alpha value is -3.43. The van der Waals surface area contributed by atoms with Gasteiger partial charge in [-0.25, -0.2) is 9.36 Å². The molecule has 0 unspecified atom stereocenters. The molecular weight excluding hydrogens is 355 g/mol. The van der Waals surface area contributed by atoms with Crippen LogP contribution in [0.4, 0.5) is 13.2 Å². The Morgan fingerprint density at radius 2 is 1.92 bits per heavy atom. The number of ether oxygens (including phenoxy) is 2. The summed E-state index contributed by atoms with van der Waals surface area (Å²) in [4.78, 5) is 14.9. The molecule has 0 saturated carbocycles. The molecule has 2 aromatic heterocycles. The quantitative estimate of drug-likeness (QED) is 0.602. The highest BCUT2D eigenvalue weighted by Gasteiger charge is 2.31. The van der Waals surface area contributed by atoms with Gasteiger partial charge in [0.25, 0.3) is 0 Å². The van der Waals surface area contributed by atoms with Crippen molar-refractivity contribution in [2.24, 2.45) is 0 Å². The molecule has 0 fully saturated rings. The predicted octanol–water partition coefficient (Wildman–Crippen LogP) is 3.37. The van der Waals surface area contributed by atoms with E-state index in [2.05, 4.69) is 14.9 Å². The van der Waals surface area contributed by atoms with Gasteiger partial charge in [0.05, 0.1) is 23.5 Å². The van der Waals surface area contributed by atoms with Crippen molar-refractivity contribution in [1.29, 1.82) is 0 Å². The highest BCUT2D eigenvalue weighted by molar-refractivity contribution is 5.88. The van der Waals surface area contributed by atoms with Crippen LogP contribution in [-0.2, 0) is 0 Å². The maximum absolute atomic E-state index is 12.5. The fourth-order valence-electron chi connectivity index (χ4n) is 2.68. The molecule has 2 heterocycles. The molecule has 0 atom stereocenters. The third-order valence-electron chi connectivity index (χ3n) is 3.76. The van der Waals surface area contributed by atoms with Gasteiger partial charge in [-0.15, -0.1) is 13.2 Å². The van der Waals surface area contributed by atoms with Crippen molar-refractivity contribution < 1.29 is 27.2 Å². The average molecular weight is 365 g/mol. The fourth-order valence-corrected chi connectivity index (χ4v) is 2.68. The number of alkyl halides is 3. The smallest absolute Gasteiger partial charge is 0.497 e. The number of hydrogen-bond donors (Lipinski definition) is 1. The monoisotopic (exact) mass is 365 g/mol. The number of halogens is 3. The molecule has 0 amide bonds. The van der Waals surface area contributed by atoms with E-state index in [9.17, 15) is 18.0 Å². The second-order valence-electron chi connectivity index (χ2n) is 5.36. The van der Waals surface area contributed by atoms with Gasteiger partial charge >= 0.3 is 12.1 Å². The van der Waals surface area contributed by atoms with Crippen LogP contribution in [0.2, 0.25) is 0 Å². The standard InChI is InChI=1S/C16H10F3N3O4/c1-24-8-2-4-10-13(7-8)26-21-14(10)22-12-6-9(25-16(17,18)19)3-5-11(12)20-15(22)23/h2-7H,1H3,(H,20,23). The number of aromatic amines is 1. The van der Waals surface area contributed by atoms with Crippen LogP contribution in [0.25, 0.3) is 27.8 Å². The Kier molecular flexibility index (Phi) is 3.43. The van der Waals surface area contributed by atoms with Gasteiger partial charge in [-0.1, -0.05) is 5.16 Å². The molecule has 0 saturated heterocycles. The molecule has 26 heavy (non-hydrogen) atoms. The lowest BCUT2D eigenvalue weighted by Crippen LogP contribution is -2.17. The summed E-state index contributed by atoms with van der Waals surface area (Å²) in [6.45, 7) is 0. The topological polar surface area (TPSA) is 82.3 Å². The van der Waals surface area contributed by atoms with Crippen molar-refractivity contribution in [2.75, 3.05) is 7.11 Å². The summed E-state index contributed by atoms with van der Waals surface area (Å²) >= 11 is 0. The first-order chi connectivity index (χ1) is 12.4. The minimum atomic E-state index is -4.84. The third kappa shape index (κ3) is 2.65. The van der Waals surface area contributed by atoms with Crippen LogP contribution < -0.4 is 15.2 Å². The minimum Gasteiger partial charge on any atom is -0.497 e. The highest BCUT2D eigenvalue weighted by atomic mass is 19.4. The zero-order chi connectivity index (χ0) is 18.5. The van der Waals surface area contributed by atoms with E-state index < -0.39 is 17.8 Å². The summed E-state index contributed by atoms with van der Waals surface area (Å²) in [6.07, 6.45) is -4.84.